The molecule has 1 aromatic heterocycles. The Bertz CT molecular complexity index is 1010. The van der Waals surface area contributed by atoms with E-state index in [-0.39, 0.29) is 17.2 Å². The van der Waals surface area contributed by atoms with Crippen LogP contribution >= 0.6 is 0 Å². The Labute approximate surface area is 163 Å². The maximum atomic E-state index is 12.7. The van der Waals surface area contributed by atoms with Crippen LogP contribution in [0.2, 0.25) is 0 Å². The molecule has 0 aliphatic rings. The molecule has 0 spiro atoms. The van der Waals surface area contributed by atoms with E-state index in [9.17, 15) is 9.59 Å². The highest BCUT2D eigenvalue weighted by molar-refractivity contribution is 5.96. The molecule has 0 bridgehead atoms. The van der Waals surface area contributed by atoms with Crippen molar-refractivity contribution in [1.29, 1.82) is 0 Å². The molecule has 0 aliphatic heterocycles. The first-order valence-corrected chi connectivity index (χ1v) is 8.89. The Morgan fingerprint density at radius 1 is 1.00 bits per heavy atom. The van der Waals surface area contributed by atoms with Crippen LogP contribution in [0.15, 0.2) is 71.7 Å². The van der Waals surface area contributed by atoms with Crippen LogP contribution < -0.4 is 20.3 Å². The molecule has 0 saturated carbocycles. The number of nitrogens with zero attached hydrogens (tertiary/aromatic N) is 1. The summed E-state index contributed by atoms with van der Waals surface area (Å²) in [5, 5.41) is 2.88. The van der Waals surface area contributed by atoms with Crippen LogP contribution in [0.5, 0.6) is 11.5 Å². The van der Waals surface area contributed by atoms with Crippen molar-refractivity contribution >= 4 is 5.91 Å². The zero-order chi connectivity index (χ0) is 19.9. The minimum Gasteiger partial charge on any atom is -0.497 e. The number of para-hydroxylation sites is 1. The number of pyridine rings is 1. The van der Waals surface area contributed by atoms with Crippen LogP contribution in [0, 0.1) is 0 Å². The monoisotopic (exact) mass is 378 g/mol. The fraction of sp³-hybridized carbons (Fsp3) is 0.182. The fourth-order valence-electron chi connectivity index (χ4n) is 2.89. The summed E-state index contributed by atoms with van der Waals surface area (Å²) in [7, 11) is 3.06. The van der Waals surface area contributed by atoms with Crippen LogP contribution in [-0.2, 0) is 6.42 Å². The summed E-state index contributed by atoms with van der Waals surface area (Å²) in [5.41, 5.74) is 1.77. The van der Waals surface area contributed by atoms with Crippen molar-refractivity contribution < 1.29 is 14.3 Å². The van der Waals surface area contributed by atoms with Crippen molar-refractivity contribution in [3.8, 4) is 17.2 Å². The second-order valence-corrected chi connectivity index (χ2v) is 6.16. The van der Waals surface area contributed by atoms with Gasteiger partial charge in [0.25, 0.3) is 11.5 Å². The molecule has 2 aromatic carbocycles. The average molecular weight is 378 g/mol. The molecule has 6 nitrogen and oxygen atoms in total. The summed E-state index contributed by atoms with van der Waals surface area (Å²) in [6.07, 6.45) is 2.17. The quantitative estimate of drug-likeness (QED) is 0.686. The number of aromatic nitrogens is 1. The summed E-state index contributed by atoms with van der Waals surface area (Å²) in [6.45, 7) is 0.444. The van der Waals surface area contributed by atoms with E-state index in [4.69, 9.17) is 9.47 Å². The van der Waals surface area contributed by atoms with Crippen molar-refractivity contribution in [2.45, 2.75) is 6.42 Å². The predicted octanol–water partition coefficient (Wildman–Crippen LogP) is 2.83. The van der Waals surface area contributed by atoms with Gasteiger partial charge in [-0.25, -0.2) is 0 Å². The highest BCUT2D eigenvalue weighted by atomic mass is 16.5. The zero-order valence-electron chi connectivity index (χ0n) is 15.8. The Kier molecular flexibility index (Phi) is 6.11. The van der Waals surface area contributed by atoms with E-state index in [2.05, 4.69) is 5.32 Å². The van der Waals surface area contributed by atoms with Gasteiger partial charge in [-0.1, -0.05) is 30.3 Å². The van der Waals surface area contributed by atoms with Gasteiger partial charge in [0.05, 0.1) is 19.8 Å². The van der Waals surface area contributed by atoms with Crippen LogP contribution in [0.1, 0.15) is 15.9 Å². The zero-order valence-corrected chi connectivity index (χ0v) is 15.8. The smallest absolute Gasteiger partial charge is 0.258 e. The van der Waals surface area contributed by atoms with Gasteiger partial charge >= 0.3 is 0 Å². The molecular weight excluding hydrogens is 356 g/mol. The number of ether oxygens (including phenoxy) is 2. The third-order valence-corrected chi connectivity index (χ3v) is 4.35. The number of hydrogen-bond acceptors (Lipinski definition) is 4. The molecule has 0 unspecified atom stereocenters. The van der Waals surface area contributed by atoms with E-state index in [0.29, 0.717) is 24.2 Å². The number of methoxy groups -OCH3 is 2. The summed E-state index contributed by atoms with van der Waals surface area (Å²) in [5.74, 6) is 0.723. The third-order valence-electron chi connectivity index (χ3n) is 4.35. The Morgan fingerprint density at radius 3 is 2.50 bits per heavy atom. The summed E-state index contributed by atoms with van der Waals surface area (Å²) in [6, 6.07) is 18.2. The van der Waals surface area contributed by atoms with Gasteiger partial charge in [0, 0.05) is 24.5 Å². The first-order chi connectivity index (χ1) is 13.6. The van der Waals surface area contributed by atoms with Gasteiger partial charge in [-0.2, -0.15) is 0 Å². The molecule has 0 saturated heterocycles. The van der Waals surface area contributed by atoms with Gasteiger partial charge in [-0.3, -0.25) is 14.2 Å². The maximum absolute atomic E-state index is 12.7. The van der Waals surface area contributed by atoms with Crippen molar-refractivity contribution in [2.75, 3.05) is 20.8 Å². The lowest BCUT2D eigenvalue weighted by Gasteiger charge is -2.13. The lowest BCUT2D eigenvalue weighted by molar-refractivity contribution is 0.0950. The number of benzene rings is 2. The fourth-order valence-corrected chi connectivity index (χ4v) is 2.89. The highest BCUT2D eigenvalue weighted by Gasteiger charge is 2.15. The molecule has 1 amide bonds. The second-order valence-electron chi connectivity index (χ2n) is 6.16. The maximum Gasteiger partial charge on any atom is 0.258 e. The average Bonchev–Trinajstić information content (AvgIpc) is 2.74. The standard InChI is InChI=1S/C22H22N2O4/c1-27-18-10-6-7-16(13-18)11-12-23-22(26)19-15-24(17-8-4-3-5-9-17)21(25)14-20(19)28-2/h3-10,13-15H,11-12H2,1-2H3,(H,23,26). The minimum atomic E-state index is -0.301. The Morgan fingerprint density at radius 2 is 1.79 bits per heavy atom. The molecule has 28 heavy (non-hydrogen) atoms. The molecule has 0 atom stereocenters. The predicted molar refractivity (Wildman–Crippen MR) is 108 cm³/mol. The summed E-state index contributed by atoms with van der Waals surface area (Å²) < 4.78 is 11.9. The molecular formula is C22H22N2O4. The molecule has 144 valence electrons. The second kappa shape index (κ2) is 8.90. The van der Waals surface area contributed by atoms with Crippen LogP contribution in [0.25, 0.3) is 5.69 Å². The van der Waals surface area contributed by atoms with Gasteiger partial charge in [0.15, 0.2) is 0 Å². The normalized spacial score (nSPS) is 10.4. The van der Waals surface area contributed by atoms with Crippen molar-refractivity contribution in [3.05, 3.63) is 88.3 Å². The summed E-state index contributed by atoms with van der Waals surface area (Å²) in [4.78, 5) is 25.1. The van der Waals surface area contributed by atoms with E-state index >= 15 is 0 Å². The first kappa shape index (κ1) is 19.2. The molecule has 0 fully saturated rings. The SMILES string of the molecule is COc1cccc(CCNC(=O)c2cn(-c3ccccc3)c(=O)cc2OC)c1. The topological polar surface area (TPSA) is 69.6 Å². The van der Waals surface area contributed by atoms with Crippen molar-refractivity contribution in [2.24, 2.45) is 0 Å². The van der Waals surface area contributed by atoms with Gasteiger partial charge in [0.2, 0.25) is 0 Å². The third kappa shape index (κ3) is 4.40. The lowest BCUT2D eigenvalue weighted by Crippen LogP contribution is -2.28. The molecule has 3 rings (SSSR count). The number of carbonyl (C=O) groups is 1. The van der Waals surface area contributed by atoms with E-state index in [0.717, 1.165) is 11.3 Å². The molecule has 1 N–H and O–H groups in total. The van der Waals surface area contributed by atoms with Crippen LogP contribution in [0.4, 0.5) is 0 Å². The largest absolute Gasteiger partial charge is 0.497 e. The van der Waals surface area contributed by atoms with Gasteiger partial charge in [-0.05, 0) is 36.2 Å². The molecule has 0 radical (unpaired) electrons. The summed E-state index contributed by atoms with van der Waals surface area (Å²) >= 11 is 0. The number of nitrogens with one attached hydrogen (secondary N) is 1. The molecule has 6 heteroatoms. The van der Waals surface area contributed by atoms with E-state index in [1.54, 1.807) is 19.2 Å². The Hall–Kier alpha value is -3.54. The van der Waals surface area contributed by atoms with Gasteiger partial charge < -0.3 is 14.8 Å². The number of amides is 1. The van der Waals surface area contributed by atoms with E-state index in [1.807, 2.05) is 42.5 Å². The number of carbonyl (C=O) groups excluding carboxylic acids is 1. The van der Waals surface area contributed by atoms with Gasteiger partial charge in [0.1, 0.15) is 11.5 Å². The number of hydrogen-bond donors (Lipinski definition) is 1. The molecule has 3 aromatic rings. The minimum absolute atomic E-state index is 0.246. The Balaban J connectivity index is 1.77. The van der Waals surface area contributed by atoms with Gasteiger partial charge in [-0.15, -0.1) is 0 Å². The highest BCUT2D eigenvalue weighted by Crippen LogP contribution is 2.17. The first-order valence-electron chi connectivity index (χ1n) is 8.89. The van der Waals surface area contributed by atoms with E-state index in [1.165, 1.54) is 23.9 Å². The number of rotatable bonds is 7. The van der Waals surface area contributed by atoms with Crippen LogP contribution in [0.3, 0.4) is 0 Å². The van der Waals surface area contributed by atoms with E-state index < -0.39 is 0 Å². The van der Waals surface area contributed by atoms with Crippen molar-refractivity contribution in [3.63, 3.8) is 0 Å². The molecule has 1 heterocycles. The van der Waals surface area contributed by atoms with Crippen molar-refractivity contribution in [1.82, 2.24) is 9.88 Å². The van der Waals surface area contributed by atoms with Crippen LogP contribution in [-0.4, -0.2) is 31.2 Å². The lowest BCUT2D eigenvalue weighted by atomic mass is 10.1. The molecule has 0 aliphatic carbocycles.